The topological polar surface area (TPSA) is 70.6 Å². The third kappa shape index (κ3) is 4.39. The zero-order chi connectivity index (χ0) is 12.7. The SMILES string of the molecule is CSC1(CNCC(C)C(N)=NO)CCCCC1. The summed E-state index contributed by atoms with van der Waals surface area (Å²) in [6.07, 6.45) is 8.89. The molecule has 1 rings (SSSR count). The molecule has 0 heterocycles. The highest BCUT2D eigenvalue weighted by molar-refractivity contribution is 8.00. The van der Waals surface area contributed by atoms with Crippen molar-refractivity contribution in [3.63, 3.8) is 0 Å². The molecule has 100 valence electrons. The van der Waals surface area contributed by atoms with Crippen LogP contribution in [0.4, 0.5) is 0 Å². The van der Waals surface area contributed by atoms with Gasteiger partial charge in [0, 0.05) is 23.8 Å². The first-order valence-electron chi connectivity index (χ1n) is 6.37. The van der Waals surface area contributed by atoms with Crippen molar-refractivity contribution in [2.45, 2.75) is 43.8 Å². The molecule has 1 atom stereocenters. The average Bonchev–Trinajstić information content (AvgIpc) is 2.38. The van der Waals surface area contributed by atoms with E-state index in [9.17, 15) is 0 Å². The average molecular weight is 259 g/mol. The zero-order valence-corrected chi connectivity index (χ0v) is 11.7. The maximum absolute atomic E-state index is 8.58. The molecule has 1 aliphatic carbocycles. The molecule has 4 N–H and O–H groups in total. The summed E-state index contributed by atoms with van der Waals surface area (Å²) in [6.45, 7) is 3.77. The number of hydrogen-bond acceptors (Lipinski definition) is 4. The molecule has 0 bridgehead atoms. The number of nitrogens with one attached hydrogen (secondary N) is 1. The summed E-state index contributed by atoms with van der Waals surface area (Å²) in [5.74, 6) is 0.391. The predicted molar refractivity (Wildman–Crippen MR) is 74.8 cm³/mol. The molecule has 4 nitrogen and oxygen atoms in total. The van der Waals surface area contributed by atoms with Gasteiger partial charge in [-0.3, -0.25) is 0 Å². The van der Waals surface area contributed by atoms with E-state index in [1.54, 1.807) is 0 Å². The van der Waals surface area contributed by atoms with E-state index >= 15 is 0 Å². The van der Waals surface area contributed by atoms with Crippen LogP contribution in [0.1, 0.15) is 39.0 Å². The van der Waals surface area contributed by atoms with Gasteiger partial charge in [0.05, 0.1) is 0 Å². The lowest BCUT2D eigenvalue weighted by Gasteiger charge is -2.36. The minimum Gasteiger partial charge on any atom is -0.409 e. The molecular formula is C12H25N3OS. The molecule has 0 aromatic carbocycles. The summed E-state index contributed by atoms with van der Waals surface area (Å²) >= 11 is 1.99. The first-order valence-corrected chi connectivity index (χ1v) is 7.59. The standard InChI is InChI=1S/C12H25N3OS/c1-10(11(13)15-16)8-14-9-12(17-2)6-4-3-5-7-12/h10,14,16H,3-9H2,1-2H3,(H2,13,15). The third-order valence-corrected chi connectivity index (χ3v) is 5.13. The van der Waals surface area contributed by atoms with Gasteiger partial charge in [-0.25, -0.2) is 0 Å². The van der Waals surface area contributed by atoms with Gasteiger partial charge in [0.25, 0.3) is 0 Å². The zero-order valence-electron chi connectivity index (χ0n) is 10.9. The minimum absolute atomic E-state index is 0.0856. The highest BCUT2D eigenvalue weighted by Crippen LogP contribution is 2.37. The van der Waals surface area contributed by atoms with Crippen molar-refractivity contribution >= 4 is 17.6 Å². The number of hydrogen-bond donors (Lipinski definition) is 3. The maximum Gasteiger partial charge on any atom is 0.143 e. The molecule has 0 spiro atoms. The Hall–Kier alpha value is -0.420. The Bertz CT molecular complexity index is 252. The highest BCUT2D eigenvalue weighted by Gasteiger charge is 2.30. The van der Waals surface area contributed by atoms with E-state index in [4.69, 9.17) is 10.9 Å². The Morgan fingerprint density at radius 3 is 2.65 bits per heavy atom. The van der Waals surface area contributed by atoms with E-state index < -0.39 is 0 Å². The summed E-state index contributed by atoms with van der Waals surface area (Å²) in [5, 5.41) is 15.1. The number of nitrogens with zero attached hydrogens (tertiary/aromatic N) is 1. The van der Waals surface area contributed by atoms with Crippen LogP contribution in [0.2, 0.25) is 0 Å². The van der Waals surface area contributed by atoms with E-state index in [0.717, 1.165) is 13.1 Å². The quantitative estimate of drug-likeness (QED) is 0.295. The summed E-state index contributed by atoms with van der Waals surface area (Å²) in [4.78, 5) is 0. The van der Waals surface area contributed by atoms with Gasteiger partial charge in [0.2, 0.25) is 0 Å². The van der Waals surface area contributed by atoms with Crippen molar-refractivity contribution < 1.29 is 5.21 Å². The molecule has 0 aromatic heterocycles. The molecule has 5 heteroatoms. The molecule has 0 aliphatic heterocycles. The largest absolute Gasteiger partial charge is 0.409 e. The number of oxime groups is 1. The molecular weight excluding hydrogens is 234 g/mol. The van der Waals surface area contributed by atoms with Gasteiger partial charge in [0.1, 0.15) is 5.84 Å². The Kier molecular flexibility index (Phi) is 6.12. The highest BCUT2D eigenvalue weighted by atomic mass is 32.2. The van der Waals surface area contributed by atoms with Crippen molar-refractivity contribution in [3.8, 4) is 0 Å². The number of amidine groups is 1. The molecule has 0 amide bonds. The van der Waals surface area contributed by atoms with Crippen LogP contribution in [0.5, 0.6) is 0 Å². The molecule has 1 fully saturated rings. The summed E-state index contributed by atoms with van der Waals surface area (Å²) in [5.41, 5.74) is 5.56. The van der Waals surface area contributed by atoms with Gasteiger partial charge in [-0.1, -0.05) is 31.3 Å². The molecule has 1 unspecified atom stereocenters. The maximum atomic E-state index is 8.58. The molecule has 17 heavy (non-hydrogen) atoms. The minimum atomic E-state index is 0.0856. The third-order valence-electron chi connectivity index (χ3n) is 3.72. The van der Waals surface area contributed by atoms with Crippen LogP contribution in [-0.4, -0.2) is 35.1 Å². The number of thioether (sulfide) groups is 1. The van der Waals surface area contributed by atoms with Crippen LogP contribution in [0.3, 0.4) is 0 Å². The molecule has 0 saturated heterocycles. The van der Waals surface area contributed by atoms with Crippen LogP contribution >= 0.6 is 11.8 Å². The Labute approximate surface area is 108 Å². The number of rotatable bonds is 6. The smallest absolute Gasteiger partial charge is 0.143 e. The molecule has 1 saturated carbocycles. The van der Waals surface area contributed by atoms with E-state index in [0.29, 0.717) is 10.6 Å². The van der Waals surface area contributed by atoms with Gasteiger partial charge in [-0.2, -0.15) is 11.8 Å². The van der Waals surface area contributed by atoms with Crippen molar-refractivity contribution in [1.29, 1.82) is 0 Å². The van der Waals surface area contributed by atoms with Gasteiger partial charge >= 0.3 is 0 Å². The first kappa shape index (κ1) is 14.6. The first-order chi connectivity index (χ1) is 8.13. The van der Waals surface area contributed by atoms with E-state index in [2.05, 4.69) is 16.7 Å². The van der Waals surface area contributed by atoms with Gasteiger partial charge in [-0.15, -0.1) is 0 Å². The summed E-state index contributed by atoms with van der Waals surface area (Å²) in [6, 6.07) is 0. The normalized spacial score (nSPS) is 22.4. The van der Waals surface area contributed by atoms with Crippen molar-refractivity contribution in [2.24, 2.45) is 16.8 Å². The lowest BCUT2D eigenvalue weighted by atomic mass is 9.88. The number of nitrogens with two attached hydrogens (primary N) is 1. The molecule has 0 aromatic rings. The van der Waals surface area contributed by atoms with Crippen molar-refractivity contribution in [2.75, 3.05) is 19.3 Å². The fraction of sp³-hybridized carbons (Fsp3) is 0.917. The monoisotopic (exact) mass is 259 g/mol. The van der Waals surface area contributed by atoms with Crippen LogP contribution < -0.4 is 11.1 Å². The molecule has 0 radical (unpaired) electrons. The van der Waals surface area contributed by atoms with Crippen LogP contribution in [-0.2, 0) is 0 Å². The second-order valence-electron chi connectivity index (χ2n) is 5.00. The molecule has 1 aliphatic rings. The lowest BCUT2D eigenvalue weighted by Crippen LogP contribution is -2.42. The second-order valence-corrected chi connectivity index (χ2v) is 6.28. The Morgan fingerprint density at radius 1 is 1.47 bits per heavy atom. The van der Waals surface area contributed by atoms with Gasteiger partial charge in [-0.05, 0) is 19.1 Å². The van der Waals surface area contributed by atoms with E-state index in [1.807, 2.05) is 18.7 Å². The van der Waals surface area contributed by atoms with Gasteiger partial charge in [0.15, 0.2) is 0 Å². The fourth-order valence-corrected chi connectivity index (χ4v) is 3.31. The second kappa shape index (κ2) is 7.11. The Balaban J connectivity index is 2.33. The summed E-state index contributed by atoms with van der Waals surface area (Å²) < 4.78 is 0.406. The predicted octanol–water partition coefficient (Wildman–Crippen LogP) is 2.02. The van der Waals surface area contributed by atoms with Crippen molar-refractivity contribution in [1.82, 2.24) is 5.32 Å². The lowest BCUT2D eigenvalue weighted by molar-refractivity contribution is 0.313. The van der Waals surface area contributed by atoms with Crippen molar-refractivity contribution in [3.05, 3.63) is 0 Å². The Morgan fingerprint density at radius 2 is 2.12 bits per heavy atom. The van der Waals surface area contributed by atoms with Gasteiger partial charge < -0.3 is 16.3 Å². The van der Waals surface area contributed by atoms with Crippen LogP contribution in [0.25, 0.3) is 0 Å². The summed E-state index contributed by atoms with van der Waals surface area (Å²) in [7, 11) is 0. The van der Waals surface area contributed by atoms with E-state index in [1.165, 1.54) is 32.1 Å². The van der Waals surface area contributed by atoms with Crippen LogP contribution in [0, 0.1) is 5.92 Å². The van der Waals surface area contributed by atoms with E-state index in [-0.39, 0.29) is 5.92 Å². The fourth-order valence-electron chi connectivity index (χ4n) is 2.37. The van der Waals surface area contributed by atoms with Crippen LogP contribution in [0.15, 0.2) is 5.16 Å².